The highest BCUT2D eigenvalue weighted by molar-refractivity contribution is 5.89. The summed E-state index contributed by atoms with van der Waals surface area (Å²) >= 11 is 0. The van der Waals surface area contributed by atoms with Crippen LogP contribution in [0.15, 0.2) is 24.3 Å². The molecule has 1 aromatic carbocycles. The number of rotatable bonds is 2. The monoisotopic (exact) mass is 315 g/mol. The number of anilines is 1. The fourth-order valence-corrected chi connectivity index (χ4v) is 2.34. The number of benzene rings is 1. The molecule has 1 aliphatic rings. The lowest BCUT2D eigenvalue weighted by Crippen LogP contribution is -2.43. The number of hydrogen-bond acceptors (Lipinski definition) is 2. The van der Waals surface area contributed by atoms with E-state index in [-0.39, 0.29) is 11.6 Å². The van der Waals surface area contributed by atoms with Gasteiger partial charge in [-0.05, 0) is 31.0 Å². The Kier molecular flexibility index (Phi) is 4.58. The number of hydrogen-bond donors (Lipinski definition) is 2. The van der Waals surface area contributed by atoms with Crippen molar-refractivity contribution in [3.05, 3.63) is 29.8 Å². The van der Waals surface area contributed by atoms with Crippen molar-refractivity contribution in [2.45, 2.75) is 19.0 Å². The average Bonchev–Trinajstić information content (AvgIpc) is 2.46. The van der Waals surface area contributed by atoms with Gasteiger partial charge in [-0.25, -0.2) is 4.79 Å². The van der Waals surface area contributed by atoms with Crippen molar-refractivity contribution < 1.29 is 22.8 Å². The highest BCUT2D eigenvalue weighted by Gasteiger charge is 2.31. The molecule has 1 heterocycles. The summed E-state index contributed by atoms with van der Waals surface area (Å²) < 4.78 is 37.8. The maximum atomic E-state index is 12.6. The number of carbonyl (C=O) groups is 2. The van der Waals surface area contributed by atoms with Crippen molar-refractivity contribution >= 4 is 17.6 Å². The molecule has 0 spiro atoms. The number of carbonyl (C=O) groups excluding carboxylic acids is 2. The zero-order valence-electron chi connectivity index (χ0n) is 11.7. The molecular weight excluding hydrogens is 299 g/mol. The Morgan fingerprint density at radius 3 is 2.41 bits per heavy atom. The van der Waals surface area contributed by atoms with Gasteiger partial charge in [-0.2, -0.15) is 13.2 Å². The van der Waals surface area contributed by atoms with E-state index in [1.165, 1.54) is 17.0 Å². The maximum absolute atomic E-state index is 12.6. The van der Waals surface area contributed by atoms with E-state index in [4.69, 9.17) is 5.73 Å². The first-order valence-electron chi connectivity index (χ1n) is 6.80. The van der Waals surface area contributed by atoms with Crippen LogP contribution in [0.2, 0.25) is 0 Å². The average molecular weight is 315 g/mol. The van der Waals surface area contributed by atoms with Crippen LogP contribution in [0, 0.1) is 5.92 Å². The predicted molar refractivity (Wildman–Crippen MR) is 74.0 cm³/mol. The number of alkyl halides is 3. The summed E-state index contributed by atoms with van der Waals surface area (Å²) in [5, 5.41) is 2.44. The number of nitrogens with one attached hydrogen (secondary N) is 1. The molecule has 22 heavy (non-hydrogen) atoms. The van der Waals surface area contributed by atoms with Gasteiger partial charge in [0.1, 0.15) is 0 Å². The molecule has 8 heteroatoms. The molecule has 1 aliphatic heterocycles. The van der Waals surface area contributed by atoms with Gasteiger partial charge < -0.3 is 16.0 Å². The van der Waals surface area contributed by atoms with Gasteiger partial charge in [0.2, 0.25) is 5.91 Å². The number of halogens is 3. The van der Waals surface area contributed by atoms with Crippen LogP contribution in [0.5, 0.6) is 0 Å². The van der Waals surface area contributed by atoms with E-state index in [2.05, 4.69) is 5.32 Å². The summed E-state index contributed by atoms with van der Waals surface area (Å²) in [4.78, 5) is 24.5. The zero-order chi connectivity index (χ0) is 16.3. The van der Waals surface area contributed by atoms with Crippen LogP contribution in [0.4, 0.5) is 23.7 Å². The van der Waals surface area contributed by atoms with E-state index in [0.717, 1.165) is 12.1 Å². The maximum Gasteiger partial charge on any atom is 0.416 e. The fraction of sp³-hybridized carbons (Fsp3) is 0.429. The predicted octanol–water partition coefficient (Wildman–Crippen LogP) is 2.43. The first-order valence-corrected chi connectivity index (χ1v) is 6.80. The number of urea groups is 1. The summed E-state index contributed by atoms with van der Waals surface area (Å²) in [7, 11) is 0. The van der Waals surface area contributed by atoms with Gasteiger partial charge in [0.25, 0.3) is 0 Å². The van der Waals surface area contributed by atoms with E-state index in [1.54, 1.807) is 0 Å². The van der Waals surface area contributed by atoms with Crippen molar-refractivity contribution in [2.75, 3.05) is 18.4 Å². The Bertz CT molecular complexity index is 567. The summed E-state index contributed by atoms with van der Waals surface area (Å²) in [6.45, 7) is 0.691. The van der Waals surface area contributed by atoms with E-state index in [9.17, 15) is 22.8 Å². The third-order valence-corrected chi connectivity index (χ3v) is 3.63. The van der Waals surface area contributed by atoms with Gasteiger partial charge in [-0.3, -0.25) is 4.79 Å². The van der Waals surface area contributed by atoms with E-state index >= 15 is 0 Å². The molecule has 5 nitrogen and oxygen atoms in total. The van der Waals surface area contributed by atoms with Crippen LogP contribution < -0.4 is 11.1 Å². The quantitative estimate of drug-likeness (QED) is 0.879. The SMILES string of the molecule is NC(=O)C1CCN(C(=O)Nc2cccc(C(F)(F)F)c2)CC1. The largest absolute Gasteiger partial charge is 0.416 e. The number of piperidine rings is 1. The number of likely N-dealkylation sites (tertiary alicyclic amines) is 1. The first kappa shape index (κ1) is 16.1. The highest BCUT2D eigenvalue weighted by Crippen LogP contribution is 2.30. The van der Waals surface area contributed by atoms with Crippen molar-refractivity contribution in [3.63, 3.8) is 0 Å². The van der Waals surface area contributed by atoms with Crippen molar-refractivity contribution in [3.8, 4) is 0 Å². The van der Waals surface area contributed by atoms with Crippen molar-refractivity contribution in [1.82, 2.24) is 4.90 Å². The smallest absolute Gasteiger partial charge is 0.369 e. The summed E-state index contributed by atoms with van der Waals surface area (Å²) in [5.41, 5.74) is 4.46. The Balaban J connectivity index is 1.97. The van der Waals surface area contributed by atoms with Crippen LogP contribution in [0.3, 0.4) is 0 Å². The van der Waals surface area contributed by atoms with Gasteiger partial charge in [0, 0.05) is 24.7 Å². The second-order valence-electron chi connectivity index (χ2n) is 5.17. The lowest BCUT2D eigenvalue weighted by atomic mass is 9.96. The van der Waals surface area contributed by atoms with Gasteiger partial charge in [-0.1, -0.05) is 6.07 Å². The minimum absolute atomic E-state index is 0.0804. The van der Waals surface area contributed by atoms with Gasteiger partial charge in [0.15, 0.2) is 0 Å². The zero-order valence-corrected chi connectivity index (χ0v) is 11.7. The fourth-order valence-electron chi connectivity index (χ4n) is 2.34. The molecule has 2 rings (SSSR count). The Morgan fingerprint density at radius 1 is 1.23 bits per heavy atom. The van der Waals surface area contributed by atoms with Gasteiger partial charge >= 0.3 is 12.2 Å². The molecule has 0 bridgehead atoms. The number of primary amides is 1. The third-order valence-electron chi connectivity index (χ3n) is 3.63. The van der Waals surface area contributed by atoms with Crippen molar-refractivity contribution in [1.29, 1.82) is 0 Å². The highest BCUT2D eigenvalue weighted by atomic mass is 19.4. The second kappa shape index (κ2) is 6.25. The van der Waals surface area contributed by atoms with Crippen molar-refractivity contribution in [2.24, 2.45) is 11.7 Å². The molecule has 0 saturated carbocycles. The minimum atomic E-state index is -4.46. The first-order chi connectivity index (χ1) is 10.3. The lowest BCUT2D eigenvalue weighted by Gasteiger charge is -2.30. The topological polar surface area (TPSA) is 75.4 Å². The third kappa shape index (κ3) is 3.90. The summed E-state index contributed by atoms with van der Waals surface area (Å²) in [6, 6.07) is 3.96. The molecule has 120 valence electrons. The van der Waals surface area contributed by atoms with Gasteiger partial charge in [0.05, 0.1) is 5.56 Å². The van der Waals surface area contributed by atoms with E-state index in [1.807, 2.05) is 0 Å². The van der Waals surface area contributed by atoms with E-state index in [0.29, 0.717) is 25.9 Å². The molecule has 3 amide bonds. The number of amides is 3. The Morgan fingerprint density at radius 2 is 1.86 bits per heavy atom. The van der Waals surface area contributed by atoms with Crippen LogP contribution in [-0.2, 0) is 11.0 Å². The normalized spacial score (nSPS) is 16.4. The van der Waals surface area contributed by atoms with Crippen LogP contribution in [0.1, 0.15) is 18.4 Å². The molecule has 0 aromatic heterocycles. The molecule has 1 aromatic rings. The Labute approximate surface area is 125 Å². The molecule has 1 saturated heterocycles. The molecule has 0 atom stereocenters. The van der Waals surface area contributed by atoms with Crippen LogP contribution in [-0.4, -0.2) is 29.9 Å². The second-order valence-corrected chi connectivity index (χ2v) is 5.17. The standard InChI is InChI=1S/C14H16F3N3O2/c15-14(16,17)10-2-1-3-11(8-10)19-13(22)20-6-4-9(5-7-20)12(18)21/h1-3,8-9H,4-7H2,(H2,18,21)(H,19,22). The number of nitrogens with two attached hydrogens (primary N) is 1. The summed E-state index contributed by atoms with van der Waals surface area (Å²) in [5.74, 6) is -0.643. The molecule has 0 unspecified atom stereocenters. The molecule has 0 aliphatic carbocycles. The van der Waals surface area contributed by atoms with Crippen LogP contribution >= 0.6 is 0 Å². The molecule has 1 fully saturated rings. The molecular formula is C14H16F3N3O2. The van der Waals surface area contributed by atoms with E-state index < -0.39 is 23.7 Å². The van der Waals surface area contributed by atoms with Crippen LogP contribution in [0.25, 0.3) is 0 Å². The summed E-state index contributed by atoms with van der Waals surface area (Å²) in [6.07, 6.45) is -3.53. The minimum Gasteiger partial charge on any atom is -0.369 e. The molecule has 0 radical (unpaired) electrons. The van der Waals surface area contributed by atoms with Gasteiger partial charge in [-0.15, -0.1) is 0 Å². The molecule has 3 N–H and O–H groups in total. The number of nitrogens with zero attached hydrogens (tertiary/aromatic N) is 1. The Hall–Kier alpha value is -2.25. The lowest BCUT2D eigenvalue weighted by molar-refractivity contribution is -0.137.